The molecule has 0 saturated heterocycles. The number of benzene rings is 1. The number of hydrogen-bond donors (Lipinski definition) is 0. The Labute approximate surface area is 118 Å². The number of esters is 2. The molecule has 1 aromatic rings. The van der Waals surface area contributed by atoms with Gasteiger partial charge in [0.05, 0.1) is 5.56 Å². The Hall–Kier alpha value is -1.84. The van der Waals surface area contributed by atoms with E-state index in [1.807, 2.05) is 24.3 Å². The van der Waals surface area contributed by atoms with Crippen LogP contribution in [0.15, 0.2) is 24.3 Å². The van der Waals surface area contributed by atoms with Crippen LogP contribution in [0.3, 0.4) is 0 Å². The van der Waals surface area contributed by atoms with Gasteiger partial charge in [-0.15, -0.1) is 0 Å². The van der Waals surface area contributed by atoms with Crippen LogP contribution in [0, 0.1) is 0 Å². The number of fused-ring (bicyclic) bond motifs is 2. The third-order valence-electron chi connectivity index (χ3n) is 4.33. The van der Waals surface area contributed by atoms with Crippen molar-refractivity contribution in [1.29, 1.82) is 0 Å². The van der Waals surface area contributed by atoms with E-state index in [-0.39, 0.29) is 23.5 Å². The Kier molecular flexibility index (Phi) is 3.24. The van der Waals surface area contributed by atoms with Gasteiger partial charge in [0.2, 0.25) is 0 Å². The molecule has 1 aromatic carbocycles. The van der Waals surface area contributed by atoms with Crippen molar-refractivity contribution in [2.45, 2.75) is 44.1 Å². The lowest BCUT2D eigenvalue weighted by Gasteiger charge is -2.43. The van der Waals surface area contributed by atoms with E-state index in [1.165, 1.54) is 6.92 Å². The van der Waals surface area contributed by atoms with Gasteiger partial charge in [0.25, 0.3) is 0 Å². The molecular formula is C16H18O4. The summed E-state index contributed by atoms with van der Waals surface area (Å²) in [5.41, 5.74) is 1.51. The molecule has 1 saturated carbocycles. The van der Waals surface area contributed by atoms with Crippen molar-refractivity contribution in [2.75, 3.05) is 6.61 Å². The summed E-state index contributed by atoms with van der Waals surface area (Å²) in [6, 6.07) is 7.63. The highest BCUT2D eigenvalue weighted by atomic mass is 16.5. The quantitative estimate of drug-likeness (QED) is 0.739. The van der Waals surface area contributed by atoms with E-state index in [0.717, 1.165) is 31.2 Å². The molecule has 0 amide bonds. The Morgan fingerprint density at radius 2 is 2.20 bits per heavy atom. The van der Waals surface area contributed by atoms with Gasteiger partial charge in [-0.2, -0.15) is 0 Å². The molecule has 1 aliphatic heterocycles. The minimum Gasteiger partial charge on any atom is -0.463 e. The van der Waals surface area contributed by atoms with Crippen LogP contribution in [0.1, 0.15) is 48.5 Å². The van der Waals surface area contributed by atoms with Gasteiger partial charge in [0, 0.05) is 12.3 Å². The molecule has 0 aromatic heterocycles. The SMILES string of the molecule is CC(=O)OC1CCCC2(COC(=O)c3ccccc32)C1. The summed E-state index contributed by atoms with van der Waals surface area (Å²) in [5.74, 6) is -0.492. The maximum absolute atomic E-state index is 11.9. The molecule has 1 aliphatic carbocycles. The largest absolute Gasteiger partial charge is 0.463 e. The van der Waals surface area contributed by atoms with Crippen molar-refractivity contribution in [3.63, 3.8) is 0 Å². The van der Waals surface area contributed by atoms with Crippen molar-refractivity contribution >= 4 is 11.9 Å². The molecule has 0 bridgehead atoms. The molecule has 3 rings (SSSR count). The summed E-state index contributed by atoms with van der Waals surface area (Å²) in [5, 5.41) is 0. The maximum Gasteiger partial charge on any atom is 0.338 e. The third kappa shape index (κ3) is 2.19. The van der Waals surface area contributed by atoms with Crippen molar-refractivity contribution in [3.05, 3.63) is 35.4 Å². The first kappa shape index (κ1) is 13.2. The predicted octanol–water partition coefficient (Wildman–Crippen LogP) is 2.60. The van der Waals surface area contributed by atoms with Gasteiger partial charge >= 0.3 is 11.9 Å². The molecule has 106 valence electrons. The average molecular weight is 274 g/mol. The number of cyclic esters (lactones) is 1. The van der Waals surface area contributed by atoms with Crippen LogP contribution in [0.25, 0.3) is 0 Å². The van der Waals surface area contributed by atoms with Crippen LogP contribution in [0.5, 0.6) is 0 Å². The van der Waals surface area contributed by atoms with Gasteiger partial charge in [-0.3, -0.25) is 4.79 Å². The topological polar surface area (TPSA) is 52.6 Å². The fraction of sp³-hybridized carbons (Fsp3) is 0.500. The summed E-state index contributed by atoms with van der Waals surface area (Å²) < 4.78 is 10.8. The Bertz CT molecular complexity index is 551. The lowest BCUT2D eigenvalue weighted by molar-refractivity contribution is -0.149. The van der Waals surface area contributed by atoms with Gasteiger partial charge < -0.3 is 9.47 Å². The first-order valence-electron chi connectivity index (χ1n) is 7.05. The van der Waals surface area contributed by atoms with E-state index < -0.39 is 0 Å². The van der Waals surface area contributed by atoms with Crippen LogP contribution in [0.4, 0.5) is 0 Å². The number of carbonyl (C=O) groups is 2. The highest BCUT2D eigenvalue weighted by Crippen LogP contribution is 2.44. The minimum atomic E-state index is -0.249. The highest BCUT2D eigenvalue weighted by molar-refractivity contribution is 5.92. The van der Waals surface area contributed by atoms with Gasteiger partial charge in [-0.05, 0) is 37.3 Å². The number of rotatable bonds is 1. The molecule has 1 heterocycles. The fourth-order valence-corrected chi connectivity index (χ4v) is 3.50. The van der Waals surface area contributed by atoms with E-state index >= 15 is 0 Å². The number of carbonyl (C=O) groups excluding carboxylic acids is 2. The Morgan fingerprint density at radius 3 is 3.00 bits per heavy atom. The van der Waals surface area contributed by atoms with Crippen LogP contribution in [-0.4, -0.2) is 24.6 Å². The first-order valence-corrected chi connectivity index (χ1v) is 7.05. The summed E-state index contributed by atoms with van der Waals surface area (Å²) in [7, 11) is 0. The van der Waals surface area contributed by atoms with Crippen molar-refractivity contribution in [1.82, 2.24) is 0 Å². The standard InChI is InChI=1S/C16H18O4/c1-11(17)20-12-5-4-8-16(9-12)10-19-15(18)13-6-2-3-7-14(13)16/h2-3,6-7,12H,4-5,8-10H2,1H3. The predicted molar refractivity (Wildman–Crippen MR) is 72.4 cm³/mol. The first-order chi connectivity index (χ1) is 9.61. The van der Waals surface area contributed by atoms with Gasteiger partial charge in [-0.25, -0.2) is 4.79 Å². The number of hydrogen-bond acceptors (Lipinski definition) is 4. The molecule has 0 radical (unpaired) electrons. The maximum atomic E-state index is 11.9. The molecule has 1 fully saturated rings. The zero-order chi connectivity index (χ0) is 14.2. The summed E-state index contributed by atoms with van der Waals surface area (Å²) in [4.78, 5) is 23.0. The van der Waals surface area contributed by atoms with E-state index in [1.54, 1.807) is 0 Å². The van der Waals surface area contributed by atoms with Crippen LogP contribution in [-0.2, 0) is 19.7 Å². The van der Waals surface area contributed by atoms with Crippen molar-refractivity contribution in [2.24, 2.45) is 0 Å². The van der Waals surface area contributed by atoms with Crippen molar-refractivity contribution < 1.29 is 19.1 Å². The van der Waals surface area contributed by atoms with Crippen LogP contribution in [0.2, 0.25) is 0 Å². The second-order valence-corrected chi connectivity index (χ2v) is 5.73. The molecule has 0 N–H and O–H groups in total. The van der Waals surface area contributed by atoms with Crippen LogP contribution >= 0.6 is 0 Å². The molecule has 4 nitrogen and oxygen atoms in total. The summed E-state index contributed by atoms with van der Waals surface area (Å²) in [6.45, 7) is 1.83. The Morgan fingerprint density at radius 1 is 1.40 bits per heavy atom. The fourth-order valence-electron chi connectivity index (χ4n) is 3.50. The second-order valence-electron chi connectivity index (χ2n) is 5.73. The lowest BCUT2D eigenvalue weighted by atomic mass is 9.67. The molecule has 20 heavy (non-hydrogen) atoms. The molecular weight excluding hydrogens is 256 g/mol. The van der Waals surface area contributed by atoms with Gasteiger partial charge in [-0.1, -0.05) is 18.2 Å². The van der Waals surface area contributed by atoms with Gasteiger partial charge in [0.1, 0.15) is 12.7 Å². The molecule has 2 aliphatic rings. The summed E-state index contributed by atoms with van der Waals surface area (Å²) >= 11 is 0. The normalized spacial score (nSPS) is 28.6. The third-order valence-corrected chi connectivity index (χ3v) is 4.33. The second kappa shape index (κ2) is 4.93. The summed E-state index contributed by atoms with van der Waals surface area (Å²) in [6.07, 6.45) is 3.49. The molecule has 2 atom stereocenters. The van der Waals surface area contributed by atoms with Crippen molar-refractivity contribution in [3.8, 4) is 0 Å². The zero-order valence-corrected chi connectivity index (χ0v) is 11.6. The minimum absolute atomic E-state index is 0.0777. The smallest absolute Gasteiger partial charge is 0.338 e. The van der Waals surface area contributed by atoms with E-state index in [4.69, 9.17) is 9.47 Å². The highest BCUT2D eigenvalue weighted by Gasteiger charge is 2.44. The lowest BCUT2D eigenvalue weighted by Crippen LogP contribution is -2.45. The average Bonchev–Trinajstić information content (AvgIpc) is 2.43. The van der Waals surface area contributed by atoms with Crippen LogP contribution < -0.4 is 0 Å². The molecule has 2 unspecified atom stereocenters. The zero-order valence-electron chi connectivity index (χ0n) is 11.6. The number of ether oxygens (including phenoxy) is 2. The van der Waals surface area contributed by atoms with E-state index in [2.05, 4.69) is 0 Å². The molecule has 1 spiro atoms. The van der Waals surface area contributed by atoms with E-state index in [9.17, 15) is 9.59 Å². The van der Waals surface area contributed by atoms with E-state index in [0.29, 0.717) is 12.2 Å². The monoisotopic (exact) mass is 274 g/mol. The van der Waals surface area contributed by atoms with Gasteiger partial charge in [0.15, 0.2) is 0 Å². The molecule has 4 heteroatoms. The Balaban J connectivity index is 1.94.